The predicted octanol–water partition coefficient (Wildman–Crippen LogP) is -0.0501. The van der Waals surface area contributed by atoms with Gasteiger partial charge in [-0.25, -0.2) is 0 Å². The van der Waals surface area contributed by atoms with Crippen molar-refractivity contribution in [3.8, 4) is 0 Å². The largest absolute Gasteiger partial charge is 0.394 e. The summed E-state index contributed by atoms with van der Waals surface area (Å²) in [6.45, 7) is 9.31. The van der Waals surface area contributed by atoms with Crippen molar-refractivity contribution in [3.63, 3.8) is 0 Å². The van der Waals surface area contributed by atoms with Crippen LogP contribution in [0.4, 0.5) is 0 Å². The Balaban J connectivity index is -0.000000144. The minimum absolute atomic E-state index is 0.611. The van der Waals surface area contributed by atoms with Crippen LogP contribution in [0.25, 0.3) is 0 Å². The average Bonchev–Trinajstić information content (AvgIpc) is 1.41. The van der Waals surface area contributed by atoms with Gasteiger partial charge in [-0.3, -0.25) is 18.2 Å². The van der Waals surface area contributed by atoms with Gasteiger partial charge in [0.2, 0.25) is 0 Å². The van der Waals surface area contributed by atoms with Crippen LogP contribution in [0, 0.1) is 0 Å². The third-order valence-electron chi connectivity index (χ3n) is 0. The molecule has 0 radical (unpaired) electrons. The van der Waals surface area contributed by atoms with Crippen molar-refractivity contribution in [2.75, 3.05) is 26.7 Å². The Labute approximate surface area is 90.2 Å². The molecule has 0 aromatic heterocycles. The van der Waals surface area contributed by atoms with E-state index < -0.39 is 28.1 Å². The summed E-state index contributed by atoms with van der Waals surface area (Å²) in [5.41, 5.74) is 0. The maximum atomic E-state index is 8.74. The molecule has 0 bridgehead atoms. The molecular formula is C4H17O8PS2. The van der Waals surface area contributed by atoms with E-state index >= 15 is 0 Å². The van der Waals surface area contributed by atoms with Crippen molar-refractivity contribution in [3.05, 3.63) is 0 Å². The van der Waals surface area contributed by atoms with Crippen molar-refractivity contribution in [1.82, 2.24) is 0 Å². The van der Waals surface area contributed by atoms with Gasteiger partial charge in [0.15, 0.2) is 0 Å². The fraction of sp³-hybridized carbons (Fsp3) is 1.00. The fourth-order valence-electron chi connectivity index (χ4n) is 0. The third kappa shape index (κ3) is 72600. The molecule has 8 nitrogen and oxygen atoms in total. The summed E-state index contributed by atoms with van der Waals surface area (Å²) in [6.07, 6.45) is 0. The number of hydrogen-bond donors (Lipinski definition) is 4. The monoisotopic (exact) mass is 288 g/mol. The van der Waals surface area contributed by atoms with E-state index in [2.05, 4.69) is 26.7 Å². The molecule has 0 fully saturated rings. The molecule has 0 aromatic rings. The molecule has 0 unspecified atom stereocenters. The van der Waals surface area contributed by atoms with Crippen molar-refractivity contribution in [1.29, 1.82) is 0 Å². The van der Waals surface area contributed by atoms with Gasteiger partial charge in [-0.15, -0.1) is 0 Å². The molecule has 0 aliphatic rings. The maximum Gasteiger partial charge on any atom is 0.394 e. The summed E-state index contributed by atoms with van der Waals surface area (Å²) in [4.78, 5) is 0. The summed E-state index contributed by atoms with van der Waals surface area (Å²) < 4.78 is 63.2. The van der Waals surface area contributed by atoms with Crippen LogP contribution in [0.2, 0.25) is 0 Å². The molecule has 98 valence electrons. The van der Waals surface area contributed by atoms with Crippen molar-refractivity contribution >= 4 is 28.1 Å². The van der Waals surface area contributed by atoms with Crippen LogP contribution in [0.3, 0.4) is 0 Å². The molecule has 0 spiro atoms. The van der Waals surface area contributed by atoms with Gasteiger partial charge in [0.25, 0.3) is 0 Å². The Morgan fingerprint density at radius 2 is 0.667 bits per heavy atom. The number of hydrogen-bond acceptors (Lipinski definition) is 4. The van der Waals surface area contributed by atoms with Crippen LogP contribution in [0.5, 0.6) is 0 Å². The van der Waals surface area contributed by atoms with Gasteiger partial charge in [0, 0.05) is 0 Å². The van der Waals surface area contributed by atoms with Gasteiger partial charge in [-0.05, 0) is 0 Å². The summed E-state index contributed by atoms with van der Waals surface area (Å²) >= 11 is 0. The van der Waals surface area contributed by atoms with Crippen LogP contribution in [0.1, 0.15) is 0 Å². The molecule has 0 rings (SSSR count). The van der Waals surface area contributed by atoms with Gasteiger partial charge >= 0.3 is 54.7 Å². The smallest absolute Gasteiger partial charge is 0.264 e. The quantitative estimate of drug-likeness (QED) is 0.358. The SMILES string of the molecule is C[PH](C)(C)C.O=S(=O)(O)O.O=S(=O)(O)O. The topological polar surface area (TPSA) is 149 Å². The Kier molecular flexibility index (Phi) is 10.2. The fourth-order valence-corrected chi connectivity index (χ4v) is 0. The van der Waals surface area contributed by atoms with E-state index in [1.165, 1.54) is 0 Å². The second-order valence-electron chi connectivity index (χ2n) is 3.90. The second kappa shape index (κ2) is 7.44. The molecule has 0 aromatic carbocycles. The van der Waals surface area contributed by atoms with Gasteiger partial charge in [0.1, 0.15) is 0 Å². The van der Waals surface area contributed by atoms with Crippen molar-refractivity contribution in [2.24, 2.45) is 0 Å². The van der Waals surface area contributed by atoms with Gasteiger partial charge in [0.05, 0.1) is 0 Å². The molecule has 0 aliphatic carbocycles. The molecular weight excluding hydrogens is 271 g/mol. The summed E-state index contributed by atoms with van der Waals surface area (Å²) in [6, 6.07) is 0. The Bertz CT molecular complexity index is 283. The van der Waals surface area contributed by atoms with E-state index in [0.29, 0.717) is 0 Å². The normalized spacial score (nSPS) is 12.8. The van der Waals surface area contributed by atoms with Gasteiger partial charge in [-0.1, -0.05) is 0 Å². The zero-order chi connectivity index (χ0) is 13.5. The zero-order valence-corrected chi connectivity index (χ0v) is 11.4. The van der Waals surface area contributed by atoms with Gasteiger partial charge < -0.3 is 0 Å². The van der Waals surface area contributed by atoms with E-state index in [4.69, 9.17) is 35.0 Å². The van der Waals surface area contributed by atoms with Crippen LogP contribution in [0.15, 0.2) is 0 Å². The molecule has 0 heterocycles. The molecule has 0 atom stereocenters. The van der Waals surface area contributed by atoms with Crippen LogP contribution < -0.4 is 0 Å². The van der Waals surface area contributed by atoms with Crippen LogP contribution in [-0.2, 0) is 20.8 Å². The van der Waals surface area contributed by atoms with Gasteiger partial charge in [-0.2, -0.15) is 16.8 Å². The molecule has 11 heteroatoms. The first kappa shape index (κ1) is 20.6. The zero-order valence-electron chi connectivity index (χ0n) is 8.74. The molecule has 15 heavy (non-hydrogen) atoms. The van der Waals surface area contributed by atoms with E-state index in [-0.39, 0.29) is 0 Å². The van der Waals surface area contributed by atoms with Crippen LogP contribution in [-0.4, -0.2) is 61.7 Å². The third-order valence-corrected chi connectivity index (χ3v) is 0. The Morgan fingerprint density at radius 3 is 0.667 bits per heavy atom. The first-order valence-electron chi connectivity index (χ1n) is 3.40. The first-order chi connectivity index (χ1) is 6.00. The van der Waals surface area contributed by atoms with Crippen molar-refractivity contribution < 1.29 is 35.0 Å². The molecule has 4 N–H and O–H groups in total. The molecule has 0 aliphatic heterocycles. The van der Waals surface area contributed by atoms with E-state index in [0.717, 1.165) is 0 Å². The maximum absolute atomic E-state index is 8.74. The van der Waals surface area contributed by atoms with Crippen LogP contribution >= 0.6 is 7.26 Å². The van der Waals surface area contributed by atoms with Crippen molar-refractivity contribution in [2.45, 2.75) is 0 Å². The summed E-state index contributed by atoms with van der Waals surface area (Å²) in [5.74, 6) is 0. The van der Waals surface area contributed by atoms with E-state index in [1.54, 1.807) is 0 Å². The summed E-state index contributed by atoms with van der Waals surface area (Å²) in [5, 5.41) is 0. The van der Waals surface area contributed by atoms with E-state index in [9.17, 15) is 0 Å². The molecule has 0 saturated carbocycles. The summed E-state index contributed by atoms with van der Waals surface area (Å²) in [7, 11) is -9.94. The minimum Gasteiger partial charge on any atom is -0.264 e. The first-order valence-corrected chi connectivity index (χ1v) is 10.2. The molecule has 0 saturated heterocycles. The van der Waals surface area contributed by atoms with E-state index in [1.807, 2.05) is 0 Å². The average molecular weight is 288 g/mol. The standard InChI is InChI=1S/C4H13P.2H2O4S/c3*1-5(2,3)4/h5H,1-4H3;2*(H2,1,2,3,4). The minimum atomic E-state index is -4.67. The Hall–Kier alpha value is 0.170. The Morgan fingerprint density at radius 1 is 0.667 bits per heavy atom. The second-order valence-corrected chi connectivity index (χ2v) is 11.7. The number of rotatable bonds is 0. The molecule has 0 amide bonds. The predicted molar refractivity (Wildman–Crippen MR) is 60.4 cm³/mol.